The van der Waals surface area contributed by atoms with Gasteiger partial charge in [-0.25, -0.2) is 0 Å². The van der Waals surface area contributed by atoms with Crippen LogP contribution in [0.1, 0.15) is 22.3 Å². The Kier molecular flexibility index (Phi) is 17.7. The van der Waals surface area contributed by atoms with Gasteiger partial charge in [0.15, 0.2) is 0 Å². The predicted molar refractivity (Wildman–Crippen MR) is 512 cm³/mol. The van der Waals surface area contributed by atoms with Crippen molar-refractivity contribution < 1.29 is 0 Å². The summed E-state index contributed by atoms with van der Waals surface area (Å²) in [6.07, 6.45) is 0. The minimum Gasteiger partial charge on any atom is -0.313 e. The number of anilines is 3. The molecular formula is C55H73B34N. The maximum absolute atomic E-state index is 4.56. The van der Waals surface area contributed by atoms with Crippen LogP contribution in [0.3, 0.4) is 0 Å². The summed E-state index contributed by atoms with van der Waals surface area (Å²) in [5, 5.41) is 0. The van der Waals surface area contributed by atoms with Crippen LogP contribution in [-0.4, -0.2) is 267 Å². The largest absolute Gasteiger partial charge is 0.313 e. The number of nitrogens with zero attached hydrogens (tertiary/aromatic N) is 1. The molecule has 1 atom stereocenters. The van der Waals surface area contributed by atoms with E-state index in [0.717, 1.165) is 5.47 Å². The number of benzene rings is 8. The topological polar surface area (TPSA) is 3.24 Å². The summed E-state index contributed by atoms with van der Waals surface area (Å²) in [7, 11) is 80.8. The first kappa shape index (κ1) is 67.9. The molecule has 0 amide bonds. The molecule has 0 radical (unpaired) electrons. The Morgan fingerprint density at radius 3 is 1.03 bits per heavy atom. The molecule has 2 aliphatic carbocycles. The molecule has 0 heterocycles. The molecule has 0 aromatic heterocycles. The van der Waals surface area contributed by atoms with E-state index in [9.17, 15) is 0 Å². The summed E-state index contributed by atoms with van der Waals surface area (Å²) in [5.74, 6) is 0. The van der Waals surface area contributed by atoms with E-state index < -0.39 is 5.41 Å². The van der Waals surface area contributed by atoms with Crippen LogP contribution in [0.15, 0.2) is 46.7 Å². The second-order valence-corrected chi connectivity index (χ2v) is 29.1. The zero-order chi connectivity index (χ0) is 67.1. The number of allylic oxidation sites excluding steroid dienone is 5. The van der Waals surface area contributed by atoms with Gasteiger partial charge in [-0.05, 0) is 78.4 Å². The van der Waals surface area contributed by atoms with E-state index >= 15 is 0 Å². The molecule has 10 rings (SSSR count). The molecule has 0 saturated heterocycles. The highest BCUT2D eigenvalue weighted by atomic mass is 15.2. The van der Waals surface area contributed by atoms with Crippen LogP contribution in [-0.2, 0) is 5.41 Å². The van der Waals surface area contributed by atoms with Gasteiger partial charge in [-0.1, -0.05) is 138 Å². The predicted octanol–water partition coefficient (Wildman–Crippen LogP) is -41.8. The summed E-state index contributed by atoms with van der Waals surface area (Å²) >= 11 is 0. The van der Waals surface area contributed by atoms with Gasteiger partial charge in [0.05, 0.1) is 5.41 Å². The Labute approximate surface area is 572 Å². The van der Waals surface area contributed by atoms with Crippen molar-refractivity contribution in [3.05, 3.63) is 68.9 Å². The van der Waals surface area contributed by atoms with Crippen molar-refractivity contribution >= 4 is 453 Å². The van der Waals surface area contributed by atoms with Gasteiger partial charge in [-0.3, -0.25) is 0 Å². The first-order valence-electron chi connectivity index (χ1n) is 33.5. The average Bonchev–Trinajstić information content (AvgIpc) is 1.48. The van der Waals surface area contributed by atoms with Gasteiger partial charge in [0.1, 0.15) is 267 Å². The van der Waals surface area contributed by atoms with E-state index in [1.165, 1.54) is 270 Å². The van der Waals surface area contributed by atoms with E-state index in [1.807, 2.05) is 0 Å². The van der Waals surface area contributed by atoms with Crippen LogP contribution in [0.2, 0.25) is 0 Å². The molecule has 2 aliphatic rings. The second kappa shape index (κ2) is 23.5. The summed E-state index contributed by atoms with van der Waals surface area (Å²) in [6.45, 7) is 4.56. The van der Waals surface area contributed by atoms with E-state index in [4.69, 9.17) is 0 Å². The maximum atomic E-state index is 4.56. The first-order valence-corrected chi connectivity index (χ1v) is 33.5. The number of hydrogen-bond donors (Lipinski definition) is 0. The molecule has 0 aliphatic heterocycles. The average molecular weight is 1120 g/mol. The van der Waals surface area contributed by atoms with Gasteiger partial charge in [0.25, 0.3) is 0 Å². The second-order valence-electron chi connectivity index (χ2n) is 29.1. The van der Waals surface area contributed by atoms with Crippen molar-refractivity contribution in [2.75, 3.05) is 4.90 Å². The molecule has 0 N–H and O–H groups in total. The normalized spacial score (nSPS) is 14.2. The fourth-order valence-corrected chi connectivity index (χ4v) is 17.9. The van der Waals surface area contributed by atoms with Crippen molar-refractivity contribution in [1.82, 2.24) is 0 Å². The van der Waals surface area contributed by atoms with Gasteiger partial charge in [-0.15, -0.1) is 66.7 Å². The Hall–Kier alpha value is -5.01. The lowest BCUT2D eigenvalue weighted by Crippen LogP contribution is -2.57. The van der Waals surface area contributed by atoms with Gasteiger partial charge < -0.3 is 4.90 Å². The minimum atomic E-state index is -0.529. The Morgan fingerprint density at radius 2 is 0.589 bits per heavy atom. The molecule has 0 bridgehead atoms. The summed E-state index contributed by atoms with van der Waals surface area (Å²) in [4.78, 5) is 2.73. The zero-order valence-electron chi connectivity index (χ0n) is 62.4. The molecule has 8 aromatic rings. The smallest absolute Gasteiger partial charge is 0.142 e. The summed E-state index contributed by atoms with van der Waals surface area (Å²) < 4.78 is 0. The molecule has 0 saturated carbocycles. The number of fused-ring (bicyclic) bond motifs is 7. The highest BCUT2D eigenvalue weighted by molar-refractivity contribution is 6.74. The Morgan fingerprint density at radius 1 is 0.278 bits per heavy atom. The lowest BCUT2D eigenvalue weighted by molar-refractivity contribution is 0.825. The molecule has 1 unspecified atom stereocenters. The minimum absolute atomic E-state index is 0.529. The molecule has 400 valence electrons. The van der Waals surface area contributed by atoms with Gasteiger partial charge >= 0.3 is 0 Å². The van der Waals surface area contributed by atoms with Crippen molar-refractivity contribution in [2.24, 2.45) is 0 Å². The van der Waals surface area contributed by atoms with Gasteiger partial charge in [0.2, 0.25) is 0 Å². The Bertz CT molecular complexity index is 4700. The molecule has 0 fully saturated rings. The standard InChI is InChI=1S/C55H73B34N/c1-5(56)23(60)37(74)19-16-22(39(76)46(83)42(79)32(16)69)55(54(19)89)20-14(15-21(55)38(75)45(82)41(78)31(15)68)30(67)27(64)12(26(20)63)6-2-9(58)11(4-8(6)57)90(52-48(85)28(65)13(29(66)49(52)86)7-3-10(59)25(62)40(77)24(7)61)53-50(87)35(72)18(36(73)51(53)88)17-33(70)43(80)47(84)44(81)34(17)71/h2-4H,1,56-89H2/b37-23-. The highest BCUT2D eigenvalue weighted by Crippen LogP contribution is 2.59. The van der Waals surface area contributed by atoms with Gasteiger partial charge in [0, 0.05) is 17.1 Å². The SMILES string of the molecule is BC(=C)/C(B)=C(/B)C1=C(B)C2(c3c(B)c(B)c(B)c(B)c31)c1c(B)c(B)c(B)c(B)c1-c1c(B)c(B)c(-c3cc(B)c(N(c4c(B)c(B)c(-c5cc(B)c(B)c(B)c5B)c(B)c4B)c4c(B)c(B)c(-c5c(B)c(B)c(B)c(B)c5B)c(B)c4B)cc3B)c(B)c12. The maximum Gasteiger partial charge on any atom is 0.142 e. The third-order valence-corrected chi connectivity index (χ3v) is 25.5. The zero-order valence-corrected chi connectivity index (χ0v) is 62.4. The van der Waals surface area contributed by atoms with Crippen molar-refractivity contribution in [3.8, 4) is 44.5 Å². The van der Waals surface area contributed by atoms with E-state index in [0.29, 0.717) is 0 Å². The molecular weight excluding hydrogens is 1040 g/mol. The van der Waals surface area contributed by atoms with Crippen LogP contribution in [0.5, 0.6) is 0 Å². The lowest BCUT2D eigenvalue weighted by Gasteiger charge is -2.39. The quantitative estimate of drug-likeness (QED) is 0.108. The number of hydrogen-bond acceptors (Lipinski definition) is 1. The summed E-state index contributed by atoms with van der Waals surface area (Å²) in [6, 6.07) is 7.62. The molecule has 35 heteroatoms. The first-order chi connectivity index (χ1) is 41.8. The van der Waals surface area contributed by atoms with E-state index in [1.54, 1.807) is 0 Å². The monoisotopic (exact) mass is 1120 g/mol. The molecule has 8 aromatic carbocycles. The van der Waals surface area contributed by atoms with E-state index in [2.05, 4.69) is 296 Å². The molecule has 90 heavy (non-hydrogen) atoms. The third kappa shape index (κ3) is 9.14. The lowest BCUT2D eigenvalue weighted by atomic mass is 9.52. The van der Waals surface area contributed by atoms with Crippen LogP contribution in [0, 0.1) is 0 Å². The van der Waals surface area contributed by atoms with Gasteiger partial charge in [-0.2, -0.15) is 0 Å². The van der Waals surface area contributed by atoms with Crippen molar-refractivity contribution in [1.29, 1.82) is 0 Å². The Balaban J connectivity index is 1.34. The van der Waals surface area contributed by atoms with Crippen LogP contribution in [0.25, 0.3) is 50.1 Å². The van der Waals surface area contributed by atoms with Crippen LogP contribution < -0.4 is 169 Å². The van der Waals surface area contributed by atoms with Crippen molar-refractivity contribution in [3.63, 3.8) is 0 Å². The fraction of sp³-hybridized carbons (Fsp3) is 0.0182. The van der Waals surface area contributed by atoms with Crippen LogP contribution in [0.4, 0.5) is 17.1 Å². The summed E-state index contributed by atoms with van der Waals surface area (Å²) in [5.41, 5.74) is 67.9. The highest BCUT2D eigenvalue weighted by Gasteiger charge is 2.55. The fourth-order valence-electron chi connectivity index (χ4n) is 17.9. The van der Waals surface area contributed by atoms with Crippen molar-refractivity contribution in [2.45, 2.75) is 5.41 Å². The molecule has 1 nitrogen and oxygen atoms in total. The third-order valence-electron chi connectivity index (χ3n) is 25.5. The van der Waals surface area contributed by atoms with E-state index in [-0.39, 0.29) is 0 Å². The number of rotatable bonds is 8. The van der Waals surface area contributed by atoms with Crippen LogP contribution >= 0.6 is 0 Å². The molecule has 1 spiro atoms.